The quantitative estimate of drug-likeness (QED) is 0.606. The van der Waals surface area contributed by atoms with Crippen molar-refractivity contribution in [1.82, 2.24) is 0 Å². The lowest BCUT2D eigenvalue weighted by atomic mass is 10.1. The predicted molar refractivity (Wildman–Crippen MR) is 119 cm³/mol. The number of nitrogens with one attached hydrogen (secondary N) is 2. The SMILES string of the molecule is CC[NH+](C(C)C)C(C)C.CC[NH+](C(C)C)C(C)C.O=C([O-])c1ccc(C(=O)[O-])cc1. The van der Waals surface area contributed by atoms with Gasteiger partial charge in [0.2, 0.25) is 0 Å². The molecule has 0 unspecified atom stereocenters. The summed E-state index contributed by atoms with van der Waals surface area (Å²) in [6.07, 6.45) is 0. The van der Waals surface area contributed by atoms with E-state index < -0.39 is 11.9 Å². The van der Waals surface area contributed by atoms with Crippen molar-refractivity contribution in [2.75, 3.05) is 13.1 Å². The van der Waals surface area contributed by atoms with Crippen molar-refractivity contribution in [1.29, 1.82) is 0 Å². The molecule has 174 valence electrons. The van der Waals surface area contributed by atoms with Crippen molar-refractivity contribution in [3.05, 3.63) is 35.4 Å². The Morgan fingerprint density at radius 3 is 0.900 bits per heavy atom. The van der Waals surface area contributed by atoms with E-state index in [1.54, 1.807) is 9.80 Å². The largest absolute Gasteiger partial charge is 0.545 e. The minimum Gasteiger partial charge on any atom is -0.545 e. The van der Waals surface area contributed by atoms with Gasteiger partial charge in [0, 0.05) is 0 Å². The smallest absolute Gasteiger partial charge is 0.0819 e. The predicted octanol–water partition coefficient (Wildman–Crippen LogP) is -0.170. The molecule has 6 heteroatoms. The molecule has 0 spiro atoms. The Labute approximate surface area is 183 Å². The fraction of sp³-hybridized carbons (Fsp3) is 0.667. The number of quaternary nitrogens is 2. The van der Waals surface area contributed by atoms with Crippen molar-refractivity contribution in [3.63, 3.8) is 0 Å². The van der Waals surface area contributed by atoms with Crippen LogP contribution in [0.5, 0.6) is 0 Å². The topological polar surface area (TPSA) is 89.1 Å². The van der Waals surface area contributed by atoms with Crippen LogP contribution >= 0.6 is 0 Å². The number of aromatic carboxylic acids is 2. The zero-order chi connectivity index (χ0) is 24.0. The molecule has 0 aliphatic rings. The van der Waals surface area contributed by atoms with Crippen LogP contribution in [0.1, 0.15) is 90.0 Å². The van der Waals surface area contributed by atoms with Crippen LogP contribution in [-0.4, -0.2) is 49.2 Å². The van der Waals surface area contributed by atoms with Gasteiger partial charge in [-0.3, -0.25) is 0 Å². The Morgan fingerprint density at radius 2 is 0.833 bits per heavy atom. The maximum absolute atomic E-state index is 10.2. The van der Waals surface area contributed by atoms with Gasteiger partial charge in [-0.15, -0.1) is 0 Å². The van der Waals surface area contributed by atoms with Gasteiger partial charge >= 0.3 is 0 Å². The number of rotatable bonds is 8. The van der Waals surface area contributed by atoms with Gasteiger partial charge in [0.15, 0.2) is 0 Å². The van der Waals surface area contributed by atoms with Crippen molar-refractivity contribution < 1.29 is 29.6 Å². The first-order valence-corrected chi connectivity index (χ1v) is 11.0. The third kappa shape index (κ3) is 12.6. The Kier molecular flexibility index (Phi) is 16.0. The van der Waals surface area contributed by atoms with E-state index in [2.05, 4.69) is 69.2 Å². The highest BCUT2D eigenvalue weighted by atomic mass is 16.4. The first kappa shape index (κ1) is 30.3. The van der Waals surface area contributed by atoms with E-state index in [4.69, 9.17) is 0 Å². The molecule has 0 radical (unpaired) electrons. The van der Waals surface area contributed by atoms with Crippen molar-refractivity contribution >= 4 is 11.9 Å². The molecule has 0 amide bonds. The van der Waals surface area contributed by atoms with Crippen LogP contribution < -0.4 is 20.0 Å². The summed E-state index contributed by atoms with van der Waals surface area (Å²) in [5, 5.41) is 20.4. The third-order valence-electron chi connectivity index (χ3n) is 5.14. The number of hydrogen-bond acceptors (Lipinski definition) is 4. The Hall–Kier alpha value is -1.92. The normalized spacial score (nSPS) is 10.9. The van der Waals surface area contributed by atoms with Crippen LogP contribution in [0.15, 0.2) is 24.3 Å². The van der Waals surface area contributed by atoms with Crippen molar-refractivity contribution in [2.45, 2.75) is 93.4 Å². The standard InChI is InChI=1S/2C8H19N.C8H6O4/c2*1-6-9(7(2)3)8(4)5;9-7(10)5-1-2-6(4-3-5)8(11)12/h2*7-8H,6H2,1-5H3;1-4H,(H,9,10)(H,11,12). The summed E-state index contributed by atoms with van der Waals surface area (Å²) in [7, 11) is 0. The third-order valence-corrected chi connectivity index (χ3v) is 5.14. The minimum absolute atomic E-state index is 0.0556. The van der Waals surface area contributed by atoms with E-state index in [1.165, 1.54) is 13.1 Å². The van der Waals surface area contributed by atoms with E-state index >= 15 is 0 Å². The summed E-state index contributed by atoms with van der Waals surface area (Å²) in [5.74, 6) is -2.67. The molecular formula is C24H44N2O4. The number of carbonyl (C=O) groups is 2. The highest BCUT2D eigenvalue weighted by Gasteiger charge is 2.13. The lowest BCUT2D eigenvalue weighted by Gasteiger charge is -2.25. The molecule has 1 rings (SSSR count). The first-order chi connectivity index (χ1) is 13.8. The molecule has 0 saturated carbocycles. The van der Waals surface area contributed by atoms with Gasteiger partial charge in [-0.1, -0.05) is 24.3 Å². The molecule has 2 N–H and O–H groups in total. The molecule has 0 bridgehead atoms. The Bertz CT molecular complexity index is 527. The number of carbonyl (C=O) groups excluding carboxylic acids is 2. The van der Waals surface area contributed by atoms with Gasteiger partial charge in [0.25, 0.3) is 0 Å². The molecular weight excluding hydrogens is 380 g/mol. The van der Waals surface area contributed by atoms with Crippen LogP contribution in [0.3, 0.4) is 0 Å². The second kappa shape index (κ2) is 15.9. The summed E-state index contributed by atoms with van der Waals surface area (Å²) < 4.78 is 0. The maximum atomic E-state index is 10.2. The summed E-state index contributed by atoms with van der Waals surface area (Å²) in [4.78, 5) is 23.8. The highest BCUT2D eigenvalue weighted by Crippen LogP contribution is 2.01. The minimum atomic E-state index is -1.33. The first-order valence-electron chi connectivity index (χ1n) is 11.0. The van der Waals surface area contributed by atoms with E-state index in [0.29, 0.717) is 0 Å². The van der Waals surface area contributed by atoms with Gasteiger partial charge in [0.1, 0.15) is 0 Å². The van der Waals surface area contributed by atoms with Gasteiger partial charge in [-0.2, -0.15) is 0 Å². The summed E-state index contributed by atoms with van der Waals surface area (Å²) in [5.41, 5.74) is -0.111. The van der Waals surface area contributed by atoms with Crippen LogP contribution in [0, 0.1) is 0 Å². The fourth-order valence-corrected chi connectivity index (χ4v) is 3.71. The van der Waals surface area contributed by atoms with Gasteiger partial charge < -0.3 is 29.6 Å². The zero-order valence-corrected chi connectivity index (χ0v) is 20.7. The fourth-order valence-electron chi connectivity index (χ4n) is 3.71. The van der Waals surface area contributed by atoms with Crippen molar-refractivity contribution in [3.8, 4) is 0 Å². The lowest BCUT2D eigenvalue weighted by Crippen LogP contribution is -3.17. The second-order valence-electron chi connectivity index (χ2n) is 8.63. The molecule has 0 atom stereocenters. The second-order valence-corrected chi connectivity index (χ2v) is 8.63. The van der Waals surface area contributed by atoms with E-state index in [1.807, 2.05) is 0 Å². The number of carboxylic acid groups (broad SMARTS) is 2. The molecule has 0 aromatic heterocycles. The van der Waals surface area contributed by atoms with E-state index in [-0.39, 0.29) is 11.1 Å². The molecule has 0 fully saturated rings. The van der Waals surface area contributed by atoms with Gasteiger partial charge in [-0.05, 0) is 80.4 Å². The van der Waals surface area contributed by atoms with Gasteiger partial charge in [0.05, 0.1) is 49.2 Å². The molecule has 0 aliphatic carbocycles. The Morgan fingerprint density at radius 1 is 0.633 bits per heavy atom. The average Bonchev–Trinajstić information content (AvgIpc) is 2.62. The van der Waals surface area contributed by atoms with E-state index in [0.717, 1.165) is 48.4 Å². The molecule has 30 heavy (non-hydrogen) atoms. The molecule has 0 heterocycles. The maximum Gasteiger partial charge on any atom is 0.0819 e. The molecule has 0 saturated heterocycles. The lowest BCUT2D eigenvalue weighted by molar-refractivity contribution is -0.940. The van der Waals surface area contributed by atoms with Crippen LogP contribution in [-0.2, 0) is 0 Å². The molecule has 0 aliphatic heterocycles. The molecule has 1 aromatic carbocycles. The number of carboxylic acids is 2. The average molecular weight is 425 g/mol. The Balaban J connectivity index is 0. The summed E-state index contributed by atoms with van der Waals surface area (Å²) in [6.45, 7) is 25.2. The van der Waals surface area contributed by atoms with Crippen LogP contribution in [0.4, 0.5) is 0 Å². The van der Waals surface area contributed by atoms with Gasteiger partial charge in [-0.25, -0.2) is 0 Å². The number of benzene rings is 1. The summed E-state index contributed by atoms with van der Waals surface area (Å²) in [6, 6.07) is 7.71. The van der Waals surface area contributed by atoms with Crippen LogP contribution in [0.25, 0.3) is 0 Å². The molecule has 1 aromatic rings. The monoisotopic (exact) mass is 424 g/mol. The zero-order valence-electron chi connectivity index (χ0n) is 20.7. The number of hydrogen-bond donors (Lipinski definition) is 2. The van der Waals surface area contributed by atoms with Crippen molar-refractivity contribution in [2.24, 2.45) is 0 Å². The summed E-state index contributed by atoms with van der Waals surface area (Å²) >= 11 is 0. The highest BCUT2D eigenvalue weighted by molar-refractivity contribution is 5.89. The van der Waals surface area contributed by atoms with E-state index in [9.17, 15) is 19.8 Å². The van der Waals surface area contributed by atoms with Crippen LogP contribution in [0.2, 0.25) is 0 Å². The molecule has 6 nitrogen and oxygen atoms in total.